The molecule has 0 aliphatic heterocycles. The van der Waals surface area contributed by atoms with Crippen LogP contribution in [0, 0.1) is 0 Å². The van der Waals surface area contributed by atoms with Gasteiger partial charge in [0.1, 0.15) is 12.2 Å². The fraction of sp³-hybridized carbons (Fsp3) is 0.182. The molecule has 2 rings (SSSR count). The van der Waals surface area contributed by atoms with Gasteiger partial charge in [-0.15, -0.1) is 0 Å². The highest BCUT2D eigenvalue weighted by Crippen LogP contribution is 2.09. The molecule has 0 radical (unpaired) electrons. The first-order valence-corrected chi connectivity index (χ1v) is 5.46. The molecule has 2 amide bonds. The molecule has 7 heteroatoms. The summed E-state index contributed by atoms with van der Waals surface area (Å²) in [5.41, 5.74) is 7.19. The van der Waals surface area contributed by atoms with Crippen molar-refractivity contribution in [2.24, 2.45) is 5.73 Å². The maximum Gasteiger partial charge on any atom is 0.319 e. The van der Waals surface area contributed by atoms with Crippen LogP contribution in [0.3, 0.4) is 0 Å². The SMILES string of the molecule is NCc1cccc(NC(=O)NCc2ncn[nH]2)c1. The summed E-state index contributed by atoms with van der Waals surface area (Å²) in [6, 6.07) is 7.06. The maximum atomic E-state index is 11.6. The van der Waals surface area contributed by atoms with Gasteiger partial charge < -0.3 is 16.4 Å². The molecule has 0 saturated carbocycles. The van der Waals surface area contributed by atoms with Gasteiger partial charge in [0.25, 0.3) is 0 Å². The number of carbonyl (C=O) groups is 1. The Kier molecular flexibility index (Phi) is 3.87. The number of carbonyl (C=O) groups excluding carboxylic acids is 1. The number of nitrogens with one attached hydrogen (secondary N) is 3. The number of H-pyrrole nitrogens is 1. The molecule has 1 heterocycles. The first-order valence-electron chi connectivity index (χ1n) is 5.46. The molecular formula is C11H14N6O. The van der Waals surface area contributed by atoms with Crippen LogP contribution in [-0.2, 0) is 13.1 Å². The van der Waals surface area contributed by atoms with Gasteiger partial charge in [0, 0.05) is 12.2 Å². The number of urea groups is 1. The van der Waals surface area contributed by atoms with Crippen molar-refractivity contribution in [1.82, 2.24) is 20.5 Å². The second-order valence-electron chi connectivity index (χ2n) is 3.64. The fourth-order valence-corrected chi connectivity index (χ4v) is 1.43. The lowest BCUT2D eigenvalue weighted by atomic mass is 10.2. The summed E-state index contributed by atoms with van der Waals surface area (Å²) in [6.07, 6.45) is 1.39. The summed E-state index contributed by atoms with van der Waals surface area (Å²) in [7, 11) is 0. The lowest BCUT2D eigenvalue weighted by molar-refractivity contribution is 0.251. The quantitative estimate of drug-likeness (QED) is 0.632. The Labute approximate surface area is 104 Å². The minimum atomic E-state index is -0.305. The van der Waals surface area contributed by atoms with E-state index in [9.17, 15) is 4.79 Å². The molecule has 18 heavy (non-hydrogen) atoms. The number of nitrogens with two attached hydrogens (primary N) is 1. The number of aromatic amines is 1. The molecular weight excluding hydrogens is 232 g/mol. The van der Waals surface area contributed by atoms with Gasteiger partial charge in [-0.1, -0.05) is 12.1 Å². The highest BCUT2D eigenvalue weighted by atomic mass is 16.2. The number of anilines is 1. The highest BCUT2D eigenvalue weighted by molar-refractivity contribution is 5.89. The summed E-state index contributed by atoms with van der Waals surface area (Å²) in [5, 5.41) is 11.7. The van der Waals surface area contributed by atoms with Crippen LogP contribution in [-0.4, -0.2) is 21.2 Å². The third-order valence-electron chi connectivity index (χ3n) is 2.30. The summed E-state index contributed by atoms with van der Waals surface area (Å²) in [6.45, 7) is 0.734. The molecule has 2 aromatic rings. The molecule has 94 valence electrons. The monoisotopic (exact) mass is 246 g/mol. The normalized spacial score (nSPS) is 10.1. The number of hydrogen-bond acceptors (Lipinski definition) is 4. The standard InChI is InChI=1S/C11H14N6O/c12-5-8-2-1-3-9(4-8)16-11(18)13-6-10-14-7-15-17-10/h1-4,7H,5-6,12H2,(H2,13,16,18)(H,14,15,17). The van der Waals surface area contributed by atoms with Crippen molar-refractivity contribution in [3.8, 4) is 0 Å². The van der Waals surface area contributed by atoms with Gasteiger partial charge in [0.15, 0.2) is 0 Å². The summed E-state index contributed by atoms with van der Waals surface area (Å²) >= 11 is 0. The number of aromatic nitrogens is 3. The highest BCUT2D eigenvalue weighted by Gasteiger charge is 2.03. The smallest absolute Gasteiger partial charge is 0.319 e. The van der Waals surface area contributed by atoms with Gasteiger partial charge in [0.05, 0.1) is 6.54 Å². The topological polar surface area (TPSA) is 109 Å². The molecule has 0 atom stereocenters. The third kappa shape index (κ3) is 3.29. The zero-order valence-electron chi connectivity index (χ0n) is 9.68. The van der Waals surface area contributed by atoms with Crippen LogP contribution >= 0.6 is 0 Å². The van der Waals surface area contributed by atoms with E-state index in [1.165, 1.54) is 6.33 Å². The average Bonchev–Trinajstić information content (AvgIpc) is 2.90. The first kappa shape index (κ1) is 12.1. The molecule has 0 unspecified atom stereocenters. The van der Waals surface area contributed by atoms with E-state index in [-0.39, 0.29) is 6.03 Å². The summed E-state index contributed by atoms with van der Waals surface area (Å²) in [5.74, 6) is 0.598. The van der Waals surface area contributed by atoms with Gasteiger partial charge >= 0.3 is 6.03 Å². The zero-order valence-corrected chi connectivity index (χ0v) is 9.68. The van der Waals surface area contributed by atoms with Crippen molar-refractivity contribution in [1.29, 1.82) is 0 Å². The third-order valence-corrected chi connectivity index (χ3v) is 2.30. The van der Waals surface area contributed by atoms with Crippen molar-refractivity contribution in [2.45, 2.75) is 13.1 Å². The molecule has 1 aromatic heterocycles. The van der Waals surface area contributed by atoms with Crippen LogP contribution in [0.5, 0.6) is 0 Å². The molecule has 5 N–H and O–H groups in total. The van der Waals surface area contributed by atoms with Crippen molar-refractivity contribution < 1.29 is 4.79 Å². The molecule has 0 aliphatic carbocycles. The van der Waals surface area contributed by atoms with E-state index >= 15 is 0 Å². The average molecular weight is 246 g/mol. The van der Waals surface area contributed by atoms with Crippen LogP contribution in [0.25, 0.3) is 0 Å². The minimum absolute atomic E-state index is 0.294. The second kappa shape index (κ2) is 5.78. The Morgan fingerprint density at radius 3 is 3.06 bits per heavy atom. The van der Waals surface area contributed by atoms with Gasteiger partial charge in [-0.25, -0.2) is 9.78 Å². The molecule has 0 fully saturated rings. The Morgan fingerprint density at radius 2 is 2.33 bits per heavy atom. The number of benzene rings is 1. The summed E-state index contributed by atoms with van der Waals surface area (Å²) in [4.78, 5) is 15.5. The van der Waals surface area contributed by atoms with Crippen LogP contribution in [0.4, 0.5) is 10.5 Å². The van der Waals surface area contributed by atoms with E-state index in [1.54, 1.807) is 6.07 Å². The molecule has 0 spiro atoms. The molecule has 0 bridgehead atoms. The van der Waals surface area contributed by atoms with E-state index < -0.39 is 0 Å². The van der Waals surface area contributed by atoms with Crippen molar-refractivity contribution in [3.63, 3.8) is 0 Å². The van der Waals surface area contributed by atoms with Crippen molar-refractivity contribution >= 4 is 11.7 Å². The fourth-order valence-electron chi connectivity index (χ4n) is 1.43. The van der Waals surface area contributed by atoms with Gasteiger partial charge in [-0.3, -0.25) is 5.10 Å². The molecule has 0 saturated heterocycles. The second-order valence-corrected chi connectivity index (χ2v) is 3.64. The van der Waals surface area contributed by atoms with Crippen LogP contribution in [0.15, 0.2) is 30.6 Å². The number of nitrogens with zero attached hydrogens (tertiary/aromatic N) is 2. The lowest BCUT2D eigenvalue weighted by Crippen LogP contribution is -2.28. The molecule has 1 aromatic carbocycles. The molecule has 7 nitrogen and oxygen atoms in total. The van der Waals surface area contributed by atoms with E-state index in [0.29, 0.717) is 24.6 Å². The number of hydrogen-bond donors (Lipinski definition) is 4. The van der Waals surface area contributed by atoms with Crippen LogP contribution in [0.2, 0.25) is 0 Å². The maximum absolute atomic E-state index is 11.6. The van der Waals surface area contributed by atoms with Gasteiger partial charge in [-0.2, -0.15) is 5.10 Å². The predicted molar refractivity (Wildman–Crippen MR) is 66.6 cm³/mol. The van der Waals surface area contributed by atoms with Gasteiger partial charge in [-0.05, 0) is 17.7 Å². The number of amides is 2. The van der Waals surface area contributed by atoms with Crippen LogP contribution in [0.1, 0.15) is 11.4 Å². The van der Waals surface area contributed by atoms with Gasteiger partial charge in [0.2, 0.25) is 0 Å². The van der Waals surface area contributed by atoms with Crippen LogP contribution < -0.4 is 16.4 Å². The Balaban J connectivity index is 1.86. The van der Waals surface area contributed by atoms with Crippen molar-refractivity contribution in [2.75, 3.05) is 5.32 Å². The Morgan fingerprint density at radius 1 is 1.44 bits per heavy atom. The van der Waals surface area contributed by atoms with Crippen molar-refractivity contribution in [3.05, 3.63) is 42.0 Å². The Hall–Kier alpha value is -2.41. The lowest BCUT2D eigenvalue weighted by Gasteiger charge is -2.07. The molecule has 0 aliphatic rings. The summed E-state index contributed by atoms with van der Waals surface area (Å²) < 4.78 is 0. The van der Waals surface area contributed by atoms with E-state index in [0.717, 1.165) is 5.56 Å². The van der Waals surface area contributed by atoms with E-state index in [2.05, 4.69) is 25.8 Å². The predicted octanol–water partition coefficient (Wildman–Crippen LogP) is 0.585. The van der Waals surface area contributed by atoms with E-state index in [1.807, 2.05) is 18.2 Å². The van der Waals surface area contributed by atoms with E-state index in [4.69, 9.17) is 5.73 Å². The Bertz CT molecular complexity index is 510. The first-order chi connectivity index (χ1) is 8.78. The minimum Gasteiger partial charge on any atom is -0.331 e. The zero-order chi connectivity index (χ0) is 12.8. The number of rotatable bonds is 4. The largest absolute Gasteiger partial charge is 0.331 e.